The first-order valence-electron chi connectivity index (χ1n) is 13.4. The Balaban J connectivity index is 1.48. The second-order valence-electron chi connectivity index (χ2n) is 10.0. The molecule has 0 saturated carbocycles. The van der Waals surface area contributed by atoms with Gasteiger partial charge in [0.15, 0.2) is 5.11 Å². The normalized spacial score (nSPS) is 16.8. The summed E-state index contributed by atoms with van der Waals surface area (Å²) < 4.78 is 47.7. The van der Waals surface area contributed by atoms with Gasteiger partial charge in [-0.1, -0.05) is 24.3 Å². The summed E-state index contributed by atoms with van der Waals surface area (Å²) in [6, 6.07) is 19.3. The minimum absolute atomic E-state index is 0.137. The molecule has 2 atom stereocenters. The molecule has 3 heterocycles. The van der Waals surface area contributed by atoms with E-state index in [-0.39, 0.29) is 24.4 Å². The van der Waals surface area contributed by atoms with Gasteiger partial charge in [0.05, 0.1) is 36.1 Å². The summed E-state index contributed by atoms with van der Waals surface area (Å²) in [6.07, 6.45) is -2.62. The van der Waals surface area contributed by atoms with Crippen molar-refractivity contribution < 1.29 is 22.7 Å². The van der Waals surface area contributed by atoms with Gasteiger partial charge >= 0.3 is 6.18 Å². The number of nitrogens with zero attached hydrogens (tertiary/aromatic N) is 3. The Labute approximate surface area is 247 Å². The summed E-state index contributed by atoms with van der Waals surface area (Å²) in [5, 5.41) is 6.73. The number of aryl methyl sites for hydroxylation is 1. The fourth-order valence-electron chi connectivity index (χ4n) is 5.47. The maximum absolute atomic E-state index is 13.5. The number of hydrogen-bond donors (Lipinski definition) is 2. The van der Waals surface area contributed by atoms with Crippen LogP contribution in [0.25, 0.3) is 5.69 Å². The second-order valence-corrected chi connectivity index (χ2v) is 10.4. The Morgan fingerprint density at radius 3 is 2.55 bits per heavy atom. The monoisotopic (exact) mass is 593 g/mol. The van der Waals surface area contributed by atoms with E-state index in [0.717, 1.165) is 34.8 Å². The molecule has 2 aromatic carbocycles. The average Bonchev–Trinajstić information content (AvgIpc) is 3.46. The first-order valence-corrected chi connectivity index (χ1v) is 13.8. The minimum atomic E-state index is -4.46. The average molecular weight is 594 g/mol. The van der Waals surface area contributed by atoms with E-state index in [1.54, 1.807) is 24.4 Å². The van der Waals surface area contributed by atoms with Crippen molar-refractivity contribution in [3.8, 4) is 11.4 Å². The summed E-state index contributed by atoms with van der Waals surface area (Å²) in [5.41, 5.74) is 3.44. The van der Waals surface area contributed by atoms with Gasteiger partial charge in [-0.3, -0.25) is 9.78 Å². The van der Waals surface area contributed by atoms with E-state index in [9.17, 15) is 18.0 Å². The van der Waals surface area contributed by atoms with Crippen molar-refractivity contribution in [2.75, 3.05) is 19.0 Å². The van der Waals surface area contributed by atoms with Crippen LogP contribution in [0.4, 0.5) is 18.9 Å². The van der Waals surface area contributed by atoms with Crippen molar-refractivity contribution in [2.45, 2.75) is 38.5 Å². The van der Waals surface area contributed by atoms with Crippen LogP contribution in [0.3, 0.4) is 0 Å². The van der Waals surface area contributed by atoms with Crippen LogP contribution >= 0.6 is 12.2 Å². The third kappa shape index (κ3) is 5.82. The highest BCUT2D eigenvalue weighted by atomic mass is 32.1. The lowest BCUT2D eigenvalue weighted by Gasteiger charge is -2.28. The molecule has 7 nitrogen and oxygen atoms in total. The molecule has 1 fully saturated rings. The van der Waals surface area contributed by atoms with Gasteiger partial charge in [-0.15, -0.1) is 0 Å². The zero-order valence-electron chi connectivity index (χ0n) is 23.3. The first kappa shape index (κ1) is 29.1. The van der Waals surface area contributed by atoms with Gasteiger partial charge in [-0.05, 0) is 80.2 Å². The Morgan fingerprint density at radius 2 is 1.83 bits per heavy atom. The SMILES string of the molecule is COc1ccccc1NC(=O)CCN1C(=S)N[C@H](c2ccccn2)[C@@H]1c1cc(C)n(-c2cccc(C(F)(F)F)c2)c1C. The number of amides is 1. The molecule has 0 unspecified atom stereocenters. The maximum Gasteiger partial charge on any atom is 0.416 e. The molecule has 1 amide bonds. The number of nitrogens with one attached hydrogen (secondary N) is 2. The molecule has 1 aliphatic rings. The van der Waals surface area contributed by atoms with Crippen molar-refractivity contribution >= 4 is 28.9 Å². The van der Waals surface area contributed by atoms with Crippen LogP contribution in [0.5, 0.6) is 5.75 Å². The predicted molar refractivity (Wildman–Crippen MR) is 159 cm³/mol. The Hall–Kier alpha value is -4.38. The van der Waals surface area contributed by atoms with E-state index in [4.69, 9.17) is 17.0 Å². The fourth-order valence-corrected chi connectivity index (χ4v) is 5.80. The van der Waals surface area contributed by atoms with Gasteiger partial charge in [0.25, 0.3) is 0 Å². The minimum Gasteiger partial charge on any atom is -0.495 e. The topological polar surface area (TPSA) is 71.4 Å². The lowest BCUT2D eigenvalue weighted by molar-refractivity contribution is -0.137. The number of anilines is 1. The Bertz CT molecular complexity index is 1610. The summed E-state index contributed by atoms with van der Waals surface area (Å²) in [4.78, 5) is 19.5. The molecule has 1 saturated heterocycles. The summed E-state index contributed by atoms with van der Waals surface area (Å²) >= 11 is 5.75. The molecule has 0 radical (unpaired) electrons. The molecular formula is C31H30F3N5O2S. The molecule has 2 N–H and O–H groups in total. The van der Waals surface area contributed by atoms with Crippen molar-refractivity contribution in [3.05, 3.63) is 107 Å². The highest BCUT2D eigenvalue weighted by Crippen LogP contribution is 2.42. The van der Waals surface area contributed by atoms with Crippen LogP contribution < -0.4 is 15.4 Å². The van der Waals surface area contributed by atoms with E-state index in [2.05, 4.69) is 15.6 Å². The number of methoxy groups -OCH3 is 1. The summed E-state index contributed by atoms with van der Waals surface area (Å²) in [6.45, 7) is 4.04. The zero-order valence-corrected chi connectivity index (χ0v) is 24.1. The molecule has 218 valence electrons. The lowest BCUT2D eigenvalue weighted by Crippen LogP contribution is -2.33. The number of para-hydroxylation sites is 2. The van der Waals surface area contributed by atoms with Gasteiger partial charge in [-0.25, -0.2) is 0 Å². The van der Waals surface area contributed by atoms with Gasteiger partial charge < -0.3 is 24.8 Å². The largest absolute Gasteiger partial charge is 0.495 e. The number of halogens is 3. The van der Waals surface area contributed by atoms with Crippen LogP contribution in [0.2, 0.25) is 0 Å². The molecule has 0 spiro atoms. The molecule has 42 heavy (non-hydrogen) atoms. The third-order valence-electron chi connectivity index (χ3n) is 7.38. The smallest absolute Gasteiger partial charge is 0.416 e. The van der Waals surface area contributed by atoms with Crippen molar-refractivity contribution in [1.82, 2.24) is 19.8 Å². The van der Waals surface area contributed by atoms with E-state index < -0.39 is 11.7 Å². The predicted octanol–water partition coefficient (Wildman–Crippen LogP) is 6.52. The molecular weight excluding hydrogens is 563 g/mol. The van der Waals surface area contributed by atoms with E-state index in [1.807, 2.05) is 59.7 Å². The summed E-state index contributed by atoms with van der Waals surface area (Å²) in [5.74, 6) is 0.344. The van der Waals surface area contributed by atoms with E-state index in [0.29, 0.717) is 28.8 Å². The van der Waals surface area contributed by atoms with Gasteiger partial charge in [0, 0.05) is 36.2 Å². The highest BCUT2D eigenvalue weighted by Gasteiger charge is 2.41. The maximum atomic E-state index is 13.5. The Kier molecular flexibility index (Phi) is 8.22. The number of aromatic nitrogens is 2. The number of carbonyl (C=O) groups excluding carboxylic acids is 1. The van der Waals surface area contributed by atoms with E-state index in [1.165, 1.54) is 13.2 Å². The van der Waals surface area contributed by atoms with Gasteiger partial charge in [-0.2, -0.15) is 13.2 Å². The second kappa shape index (κ2) is 11.8. The first-order chi connectivity index (χ1) is 20.1. The van der Waals surface area contributed by atoms with Crippen molar-refractivity contribution in [2.24, 2.45) is 0 Å². The fraction of sp³-hybridized carbons (Fsp3) is 0.258. The van der Waals surface area contributed by atoms with Crippen LogP contribution in [-0.4, -0.2) is 39.1 Å². The number of ether oxygens (including phenoxy) is 1. The molecule has 5 rings (SSSR count). The number of carbonyl (C=O) groups is 1. The standard InChI is InChI=1S/C31H30F3N5O2S/c1-19-17-23(20(2)39(19)22-10-8-9-21(18-22)31(32,33)34)29-28(25-12-6-7-15-35-25)37-30(42)38(29)16-14-27(40)36-24-11-4-5-13-26(24)41-3/h4-13,15,17-18,28-29H,14,16H2,1-3H3,(H,36,40)(H,37,42)/t28-,29+/m1/s1. The number of rotatable bonds is 8. The number of hydrogen-bond acceptors (Lipinski definition) is 4. The van der Waals surface area contributed by atoms with Gasteiger partial charge in [0.1, 0.15) is 5.75 Å². The molecule has 2 aromatic heterocycles. The molecule has 4 aromatic rings. The van der Waals surface area contributed by atoms with Gasteiger partial charge in [0.2, 0.25) is 5.91 Å². The van der Waals surface area contributed by atoms with Crippen LogP contribution in [-0.2, 0) is 11.0 Å². The van der Waals surface area contributed by atoms with Crippen LogP contribution in [0.15, 0.2) is 79.0 Å². The highest BCUT2D eigenvalue weighted by molar-refractivity contribution is 7.80. The van der Waals surface area contributed by atoms with Crippen LogP contribution in [0, 0.1) is 13.8 Å². The molecule has 0 aliphatic carbocycles. The molecule has 11 heteroatoms. The molecule has 0 bridgehead atoms. The number of alkyl halides is 3. The number of benzene rings is 2. The van der Waals surface area contributed by atoms with E-state index >= 15 is 0 Å². The van der Waals surface area contributed by atoms with Crippen molar-refractivity contribution in [1.29, 1.82) is 0 Å². The lowest BCUT2D eigenvalue weighted by atomic mass is 9.96. The number of thiocarbonyl (C=S) groups is 1. The quantitative estimate of drug-likeness (QED) is 0.227. The number of pyridine rings is 1. The Morgan fingerprint density at radius 1 is 1.07 bits per heavy atom. The van der Waals surface area contributed by atoms with Crippen molar-refractivity contribution in [3.63, 3.8) is 0 Å². The zero-order chi connectivity index (χ0) is 30.0. The third-order valence-corrected chi connectivity index (χ3v) is 7.73. The van der Waals surface area contributed by atoms with Crippen LogP contribution in [0.1, 0.15) is 46.7 Å². The summed E-state index contributed by atoms with van der Waals surface area (Å²) in [7, 11) is 1.54. The molecule has 1 aliphatic heterocycles.